The number of aromatic nitrogens is 1. The van der Waals surface area contributed by atoms with Crippen LogP contribution in [-0.2, 0) is 21.2 Å². The lowest BCUT2D eigenvalue weighted by Crippen LogP contribution is -2.16. The van der Waals surface area contributed by atoms with Gasteiger partial charge in [0.25, 0.3) is 0 Å². The summed E-state index contributed by atoms with van der Waals surface area (Å²) in [7, 11) is -3.82. The Morgan fingerprint density at radius 3 is 2.57 bits per heavy atom. The summed E-state index contributed by atoms with van der Waals surface area (Å²) in [5.41, 5.74) is 2.60. The zero-order chi connectivity index (χ0) is 17.2. The summed E-state index contributed by atoms with van der Waals surface area (Å²) in [6, 6.07) is 4.60. The van der Waals surface area contributed by atoms with Crippen LogP contribution in [0.5, 0.6) is 0 Å². The minimum Gasteiger partial charge on any atom is -0.361 e. The molecule has 23 heavy (non-hydrogen) atoms. The molecule has 1 heterocycles. The van der Waals surface area contributed by atoms with Gasteiger partial charge >= 0.3 is 0 Å². The molecule has 0 saturated carbocycles. The lowest BCUT2D eigenvalue weighted by atomic mass is 10.1. The van der Waals surface area contributed by atoms with E-state index < -0.39 is 10.0 Å². The summed E-state index contributed by atoms with van der Waals surface area (Å²) in [4.78, 5) is 12.0. The van der Waals surface area contributed by atoms with Crippen molar-refractivity contribution in [3.05, 3.63) is 40.8 Å². The van der Waals surface area contributed by atoms with Crippen LogP contribution < -0.4 is 10.5 Å². The van der Waals surface area contributed by atoms with Crippen molar-refractivity contribution in [3.8, 4) is 0 Å². The number of nitrogens with two attached hydrogens (primary N) is 1. The number of amides is 1. The third kappa shape index (κ3) is 4.17. The van der Waals surface area contributed by atoms with E-state index >= 15 is 0 Å². The first-order chi connectivity index (χ1) is 10.7. The number of rotatable bonds is 5. The van der Waals surface area contributed by atoms with Gasteiger partial charge < -0.3 is 9.84 Å². The van der Waals surface area contributed by atoms with Crippen molar-refractivity contribution >= 4 is 21.6 Å². The number of hydrogen-bond donors (Lipinski definition) is 2. The molecule has 0 radical (unpaired) electrons. The van der Waals surface area contributed by atoms with Gasteiger partial charge in [0.15, 0.2) is 0 Å². The zero-order valence-corrected chi connectivity index (χ0v) is 14.0. The molecule has 0 saturated heterocycles. The Bertz CT molecular complexity index is 821. The smallest absolute Gasteiger partial charge is 0.238 e. The average Bonchev–Trinajstić information content (AvgIpc) is 2.77. The van der Waals surface area contributed by atoms with E-state index in [0.29, 0.717) is 23.4 Å². The normalized spacial score (nSPS) is 11.5. The molecule has 0 spiro atoms. The minimum atomic E-state index is -3.82. The number of hydrogen-bond acceptors (Lipinski definition) is 5. The summed E-state index contributed by atoms with van der Waals surface area (Å²) in [5, 5.41) is 11.7. The van der Waals surface area contributed by atoms with Gasteiger partial charge in [-0.15, -0.1) is 0 Å². The first-order valence-electron chi connectivity index (χ1n) is 7.03. The number of carbonyl (C=O) groups excluding carboxylic acids is 1. The standard InChI is InChI=1S/C15H19N3O4S/c1-9-4-5-12(8-14(9)23(16,20)21)17-15(19)7-6-13-10(2)18-22-11(13)3/h4-5,8H,6-7H2,1-3H3,(H,17,19)(H2,16,20,21). The lowest BCUT2D eigenvalue weighted by Gasteiger charge is -2.09. The third-order valence-electron chi connectivity index (χ3n) is 3.56. The highest BCUT2D eigenvalue weighted by Gasteiger charge is 2.14. The van der Waals surface area contributed by atoms with E-state index in [-0.39, 0.29) is 17.2 Å². The molecular weight excluding hydrogens is 318 g/mol. The Labute approximate surface area is 134 Å². The number of carbonyl (C=O) groups is 1. The summed E-state index contributed by atoms with van der Waals surface area (Å²) >= 11 is 0. The van der Waals surface area contributed by atoms with Gasteiger partial charge in [0.05, 0.1) is 10.6 Å². The van der Waals surface area contributed by atoms with Crippen LogP contribution in [0.1, 0.15) is 29.0 Å². The maximum Gasteiger partial charge on any atom is 0.238 e. The molecule has 0 aliphatic rings. The van der Waals surface area contributed by atoms with E-state index in [1.165, 1.54) is 6.07 Å². The fourth-order valence-corrected chi connectivity index (χ4v) is 3.11. The molecule has 0 atom stereocenters. The molecule has 0 aliphatic heterocycles. The maximum absolute atomic E-state index is 12.0. The Hall–Kier alpha value is -2.19. The van der Waals surface area contributed by atoms with E-state index in [9.17, 15) is 13.2 Å². The summed E-state index contributed by atoms with van der Waals surface area (Å²) in [5.74, 6) is 0.469. The second-order valence-corrected chi connectivity index (χ2v) is 6.91. The quantitative estimate of drug-likeness (QED) is 0.863. The average molecular weight is 337 g/mol. The second kappa shape index (κ2) is 6.51. The topological polar surface area (TPSA) is 115 Å². The molecular formula is C15H19N3O4S. The first-order valence-corrected chi connectivity index (χ1v) is 8.58. The highest BCUT2D eigenvalue weighted by Crippen LogP contribution is 2.20. The molecule has 1 amide bonds. The number of nitrogens with one attached hydrogen (secondary N) is 1. The van der Waals surface area contributed by atoms with Crippen molar-refractivity contribution in [2.75, 3.05) is 5.32 Å². The minimum absolute atomic E-state index is 0.000948. The fraction of sp³-hybridized carbons (Fsp3) is 0.333. The molecule has 1 aromatic carbocycles. The van der Waals surface area contributed by atoms with Crippen LogP contribution in [0.3, 0.4) is 0 Å². The lowest BCUT2D eigenvalue weighted by molar-refractivity contribution is -0.116. The molecule has 0 fully saturated rings. The number of benzene rings is 1. The SMILES string of the molecule is Cc1ccc(NC(=O)CCc2c(C)noc2C)cc1S(N)(=O)=O. The Balaban J connectivity index is 2.06. The number of nitrogens with zero attached hydrogens (tertiary/aromatic N) is 1. The van der Waals surface area contributed by atoms with Crippen LogP contribution in [0, 0.1) is 20.8 Å². The molecule has 2 rings (SSSR count). The molecule has 2 aromatic rings. The largest absolute Gasteiger partial charge is 0.361 e. The van der Waals surface area contributed by atoms with Crippen LogP contribution in [0.2, 0.25) is 0 Å². The van der Waals surface area contributed by atoms with Crippen LogP contribution in [0.25, 0.3) is 0 Å². The van der Waals surface area contributed by atoms with Crippen molar-refractivity contribution in [2.45, 2.75) is 38.5 Å². The van der Waals surface area contributed by atoms with Gasteiger partial charge in [0, 0.05) is 17.7 Å². The van der Waals surface area contributed by atoms with E-state index in [4.69, 9.17) is 9.66 Å². The third-order valence-corrected chi connectivity index (χ3v) is 4.61. The molecule has 7 nitrogen and oxygen atoms in total. The molecule has 3 N–H and O–H groups in total. The van der Waals surface area contributed by atoms with Gasteiger partial charge in [0.1, 0.15) is 5.76 Å². The summed E-state index contributed by atoms with van der Waals surface area (Å²) < 4.78 is 28.0. The van der Waals surface area contributed by atoms with Crippen molar-refractivity contribution < 1.29 is 17.7 Å². The molecule has 0 bridgehead atoms. The van der Waals surface area contributed by atoms with E-state index in [0.717, 1.165) is 11.3 Å². The van der Waals surface area contributed by atoms with E-state index in [2.05, 4.69) is 10.5 Å². The molecule has 8 heteroatoms. The van der Waals surface area contributed by atoms with Crippen molar-refractivity contribution in [1.82, 2.24) is 5.16 Å². The van der Waals surface area contributed by atoms with Gasteiger partial charge in [-0.2, -0.15) is 0 Å². The van der Waals surface area contributed by atoms with Gasteiger partial charge in [0.2, 0.25) is 15.9 Å². The fourth-order valence-electron chi connectivity index (χ4n) is 2.31. The van der Waals surface area contributed by atoms with Crippen LogP contribution in [-0.4, -0.2) is 19.5 Å². The van der Waals surface area contributed by atoms with Crippen LogP contribution >= 0.6 is 0 Å². The molecule has 0 unspecified atom stereocenters. The summed E-state index contributed by atoms with van der Waals surface area (Å²) in [6.45, 7) is 5.26. The maximum atomic E-state index is 12.0. The van der Waals surface area contributed by atoms with E-state index in [1.54, 1.807) is 26.0 Å². The monoisotopic (exact) mass is 337 g/mol. The van der Waals surface area contributed by atoms with Crippen molar-refractivity contribution in [1.29, 1.82) is 0 Å². The van der Waals surface area contributed by atoms with Gasteiger partial charge in [-0.25, -0.2) is 13.6 Å². The predicted octanol–water partition coefficient (Wildman–Crippen LogP) is 1.82. The van der Waals surface area contributed by atoms with E-state index in [1.807, 2.05) is 6.92 Å². The van der Waals surface area contributed by atoms with Crippen LogP contribution in [0.4, 0.5) is 5.69 Å². The van der Waals surface area contributed by atoms with Gasteiger partial charge in [-0.05, 0) is 44.9 Å². The van der Waals surface area contributed by atoms with Crippen molar-refractivity contribution in [2.24, 2.45) is 5.14 Å². The predicted molar refractivity (Wildman–Crippen MR) is 85.5 cm³/mol. The highest BCUT2D eigenvalue weighted by atomic mass is 32.2. The Morgan fingerprint density at radius 1 is 1.30 bits per heavy atom. The number of aryl methyl sites for hydroxylation is 3. The zero-order valence-electron chi connectivity index (χ0n) is 13.2. The van der Waals surface area contributed by atoms with Crippen molar-refractivity contribution in [3.63, 3.8) is 0 Å². The first kappa shape index (κ1) is 17.2. The van der Waals surface area contributed by atoms with Crippen LogP contribution in [0.15, 0.2) is 27.6 Å². The number of anilines is 1. The molecule has 124 valence electrons. The Morgan fingerprint density at radius 2 is 2.00 bits per heavy atom. The van der Waals surface area contributed by atoms with Gasteiger partial charge in [-0.3, -0.25) is 4.79 Å². The highest BCUT2D eigenvalue weighted by molar-refractivity contribution is 7.89. The second-order valence-electron chi connectivity index (χ2n) is 5.38. The van der Waals surface area contributed by atoms with Gasteiger partial charge in [-0.1, -0.05) is 11.2 Å². The number of primary sulfonamides is 1. The number of sulfonamides is 1. The Kier molecular flexibility index (Phi) is 4.86. The molecule has 1 aromatic heterocycles. The molecule has 0 aliphatic carbocycles. The summed E-state index contributed by atoms with van der Waals surface area (Å²) in [6.07, 6.45) is 0.738.